The van der Waals surface area contributed by atoms with E-state index in [1.165, 1.54) is 0 Å². The molecule has 0 aliphatic rings. The van der Waals surface area contributed by atoms with Gasteiger partial charge in [0, 0.05) is 15.4 Å². The van der Waals surface area contributed by atoms with Gasteiger partial charge in [0.2, 0.25) is 11.7 Å². The van der Waals surface area contributed by atoms with Crippen LogP contribution in [0, 0.1) is 6.92 Å². The van der Waals surface area contributed by atoms with Crippen LogP contribution in [0.5, 0.6) is 5.75 Å². The van der Waals surface area contributed by atoms with E-state index in [0.29, 0.717) is 23.0 Å². The van der Waals surface area contributed by atoms with Crippen LogP contribution in [0.4, 0.5) is 0 Å². The summed E-state index contributed by atoms with van der Waals surface area (Å²) in [6, 6.07) is 3.73. The maximum Gasteiger partial charge on any atom is 0.240 e. The van der Waals surface area contributed by atoms with Crippen LogP contribution in [0.3, 0.4) is 0 Å². The second kappa shape index (κ2) is 4.92. The Morgan fingerprint density at radius 1 is 1.40 bits per heavy atom. The Bertz CT molecular complexity index is 779. The zero-order valence-electron chi connectivity index (χ0n) is 10.9. The predicted octanol–water partition coefficient (Wildman–Crippen LogP) is 3.02. The number of nitrogens with two attached hydrogens (primary N) is 1. The summed E-state index contributed by atoms with van der Waals surface area (Å²) >= 11 is 3.56. The van der Waals surface area contributed by atoms with Gasteiger partial charge in [-0.05, 0) is 35.0 Å². The second-order valence-electron chi connectivity index (χ2n) is 4.26. The molecule has 1 aromatic carbocycles. The first-order valence-corrected chi connectivity index (χ1v) is 6.73. The van der Waals surface area contributed by atoms with Crippen LogP contribution in [0.2, 0.25) is 0 Å². The number of rotatable bonds is 3. The van der Waals surface area contributed by atoms with E-state index in [-0.39, 0.29) is 6.54 Å². The van der Waals surface area contributed by atoms with Gasteiger partial charge in [-0.3, -0.25) is 0 Å². The Hall–Kier alpha value is -1.86. The van der Waals surface area contributed by atoms with Crippen LogP contribution in [0.15, 0.2) is 25.5 Å². The van der Waals surface area contributed by atoms with Gasteiger partial charge in [-0.1, -0.05) is 5.16 Å². The van der Waals surface area contributed by atoms with Crippen LogP contribution in [0.1, 0.15) is 11.7 Å². The van der Waals surface area contributed by atoms with Crippen molar-refractivity contribution in [3.8, 4) is 17.1 Å². The molecule has 2 heterocycles. The largest absolute Gasteiger partial charge is 0.493 e. The van der Waals surface area contributed by atoms with Crippen molar-refractivity contribution < 1.29 is 13.7 Å². The molecular weight excluding hydrogens is 326 g/mol. The average Bonchev–Trinajstić information content (AvgIpc) is 3.05. The Balaban J connectivity index is 2.27. The molecule has 0 saturated carbocycles. The highest BCUT2D eigenvalue weighted by Gasteiger charge is 2.19. The maximum absolute atomic E-state index is 5.65. The Kier molecular flexibility index (Phi) is 3.23. The van der Waals surface area contributed by atoms with Crippen LogP contribution < -0.4 is 10.5 Å². The van der Waals surface area contributed by atoms with Gasteiger partial charge in [-0.25, -0.2) is 0 Å². The fourth-order valence-electron chi connectivity index (χ4n) is 2.03. The molecule has 0 bridgehead atoms. The summed E-state index contributed by atoms with van der Waals surface area (Å²) < 4.78 is 16.9. The summed E-state index contributed by atoms with van der Waals surface area (Å²) in [6.07, 6.45) is 0. The molecule has 6 nitrogen and oxygen atoms in total. The van der Waals surface area contributed by atoms with Crippen molar-refractivity contribution in [2.45, 2.75) is 13.5 Å². The molecule has 0 radical (unpaired) electrons. The Morgan fingerprint density at radius 2 is 2.20 bits per heavy atom. The van der Waals surface area contributed by atoms with E-state index in [1.807, 2.05) is 13.0 Å². The van der Waals surface area contributed by atoms with Gasteiger partial charge in [0.15, 0.2) is 11.3 Å². The Morgan fingerprint density at radius 3 is 2.85 bits per heavy atom. The standard InChI is InChI=1S/C13H12BrN3O3/c1-6-3-7-11(14)8(4-9(18-2)12(7)19-6)13-16-10(5-15)20-17-13/h3-4H,5,15H2,1-2H3. The lowest BCUT2D eigenvalue weighted by molar-refractivity contribution is 0.380. The van der Waals surface area contributed by atoms with Crippen LogP contribution in [-0.4, -0.2) is 17.3 Å². The number of fused-ring (bicyclic) bond motifs is 1. The smallest absolute Gasteiger partial charge is 0.240 e. The number of hydrogen-bond acceptors (Lipinski definition) is 6. The van der Waals surface area contributed by atoms with Crippen molar-refractivity contribution in [3.05, 3.63) is 28.3 Å². The lowest BCUT2D eigenvalue weighted by Crippen LogP contribution is -1.96. The third-order valence-electron chi connectivity index (χ3n) is 2.93. The number of nitrogens with zero attached hydrogens (tertiary/aromatic N) is 2. The summed E-state index contributed by atoms with van der Waals surface area (Å²) in [6.45, 7) is 2.08. The molecule has 0 unspecified atom stereocenters. The van der Waals surface area contributed by atoms with Crippen molar-refractivity contribution in [2.75, 3.05) is 7.11 Å². The van der Waals surface area contributed by atoms with Gasteiger partial charge in [-0.15, -0.1) is 0 Å². The van der Waals surface area contributed by atoms with Gasteiger partial charge in [0.05, 0.1) is 13.7 Å². The van der Waals surface area contributed by atoms with E-state index < -0.39 is 0 Å². The molecular formula is C13H12BrN3O3. The first-order chi connectivity index (χ1) is 9.63. The fourth-order valence-corrected chi connectivity index (χ4v) is 2.61. The van der Waals surface area contributed by atoms with Crippen LogP contribution >= 0.6 is 15.9 Å². The molecule has 0 aliphatic carbocycles. The fraction of sp³-hybridized carbons (Fsp3) is 0.231. The summed E-state index contributed by atoms with van der Waals surface area (Å²) in [5, 5.41) is 4.82. The summed E-state index contributed by atoms with van der Waals surface area (Å²) in [7, 11) is 1.59. The molecule has 0 fully saturated rings. The molecule has 0 saturated heterocycles. The molecule has 2 N–H and O–H groups in total. The summed E-state index contributed by atoms with van der Waals surface area (Å²) in [5.41, 5.74) is 6.93. The van der Waals surface area contributed by atoms with E-state index >= 15 is 0 Å². The van der Waals surface area contributed by atoms with Crippen LogP contribution in [-0.2, 0) is 6.54 Å². The predicted molar refractivity (Wildman–Crippen MR) is 76.4 cm³/mol. The minimum absolute atomic E-state index is 0.203. The molecule has 3 rings (SSSR count). The molecule has 20 heavy (non-hydrogen) atoms. The number of methoxy groups -OCH3 is 1. The minimum Gasteiger partial charge on any atom is -0.493 e. The Labute approximate surface area is 123 Å². The number of benzene rings is 1. The number of aromatic nitrogens is 2. The SMILES string of the molecule is COc1cc(-c2noc(CN)n2)c(Br)c2cc(C)oc12. The summed E-state index contributed by atoms with van der Waals surface area (Å²) in [4.78, 5) is 4.23. The van der Waals surface area contributed by atoms with Gasteiger partial charge < -0.3 is 19.4 Å². The van der Waals surface area contributed by atoms with Crippen molar-refractivity contribution >= 4 is 26.9 Å². The van der Waals surface area contributed by atoms with E-state index in [4.69, 9.17) is 19.4 Å². The molecule has 0 atom stereocenters. The lowest BCUT2D eigenvalue weighted by atomic mass is 10.1. The van der Waals surface area contributed by atoms with Gasteiger partial charge in [0.25, 0.3) is 0 Å². The monoisotopic (exact) mass is 337 g/mol. The number of hydrogen-bond donors (Lipinski definition) is 1. The van der Waals surface area contributed by atoms with Gasteiger partial charge in [0.1, 0.15) is 5.76 Å². The normalized spacial score (nSPS) is 11.2. The number of halogens is 1. The third kappa shape index (κ3) is 1.99. The van der Waals surface area contributed by atoms with E-state index in [1.54, 1.807) is 13.2 Å². The van der Waals surface area contributed by atoms with E-state index in [9.17, 15) is 0 Å². The average molecular weight is 338 g/mol. The number of furan rings is 1. The highest BCUT2D eigenvalue weighted by molar-refractivity contribution is 9.10. The molecule has 0 aliphatic heterocycles. The highest BCUT2D eigenvalue weighted by atomic mass is 79.9. The quantitative estimate of drug-likeness (QED) is 0.790. The summed E-state index contributed by atoms with van der Waals surface area (Å²) in [5.74, 6) is 2.25. The number of aryl methyl sites for hydroxylation is 1. The minimum atomic E-state index is 0.203. The molecule has 7 heteroatoms. The van der Waals surface area contributed by atoms with E-state index in [0.717, 1.165) is 21.2 Å². The first kappa shape index (κ1) is 13.1. The molecule has 2 aromatic heterocycles. The topological polar surface area (TPSA) is 87.3 Å². The van der Waals surface area contributed by atoms with Crippen LogP contribution in [0.25, 0.3) is 22.4 Å². The van der Waals surface area contributed by atoms with E-state index in [2.05, 4.69) is 26.1 Å². The second-order valence-corrected chi connectivity index (χ2v) is 5.05. The zero-order chi connectivity index (χ0) is 14.3. The van der Waals surface area contributed by atoms with Crippen molar-refractivity contribution in [1.82, 2.24) is 10.1 Å². The van der Waals surface area contributed by atoms with Crippen molar-refractivity contribution in [1.29, 1.82) is 0 Å². The zero-order valence-corrected chi connectivity index (χ0v) is 12.5. The molecule has 3 aromatic rings. The third-order valence-corrected chi connectivity index (χ3v) is 3.79. The first-order valence-electron chi connectivity index (χ1n) is 5.93. The van der Waals surface area contributed by atoms with Gasteiger partial charge >= 0.3 is 0 Å². The molecule has 0 spiro atoms. The maximum atomic E-state index is 5.65. The molecule has 104 valence electrons. The molecule has 0 amide bonds. The highest BCUT2D eigenvalue weighted by Crippen LogP contribution is 2.40. The van der Waals surface area contributed by atoms with Crippen molar-refractivity contribution in [2.24, 2.45) is 5.73 Å². The lowest BCUT2D eigenvalue weighted by Gasteiger charge is -2.05. The van der Waals surface area contributed by atoms with Gasteiger partial charge in [-0.2, -0.15) is 4.98 Å². The van der Waals surface area contributed by atoms with Crippen molar-refractivity contribution in [3.63, 3.8) is 0 Å². The number of ether oxygens (including phenoxy) is 1.